The SMILES string of the molecule is Cc1ccc(-c2nc(N3CCN(c4ncccc4C(F)(F)F)CC3)nc(N(C)C(C)C)n2)cc1. The number of aryl methyl sites for hydroxylation is 1. The Kier molecular flexibility index (Phi) is 6.58. The Labute approximate surface area is 197 Å². The number of halogens is 3. The van der Waals surface area contributed by atoms with Gasteiger partial charge in [-0.15, -0.1) is 0 Å². The van der Waals surface area contributed by atoms with E-state index in [4.69, 9.17) is 9.97 Å². The first-order chi connectivity index (χ1) is 16.1. The molecule has 0 aliphatic carbocycles. The van der Waals surface area contributed by atoms with Crippen LogP contribution in [0.2, 0.25) is 0 Å². The number of hydrogen-bond acceptors (Lipinski definition) is 7. The van der Waals surface area contributed by atoms with Gasteiger partial charge in [0, 0.05) is 51.0 Å². The highest BCUT2D eigenvalue weighted by Crippen LogP contribution is 2.35. The molecule has 2 aromatic heterocycles. The van der Waals surface area contributed by atoms with Crippen LogP contribution in [0, 0.1) is 6.92 Å². The summed E-state index contributed by atoms with van der Waals surface area (Å²) in [6, 6.07) is 10.5. The number of piperazine rings is 1. The van der Waals surface area contributed by atoms with Crippen LogP contribution >= 0.6 is 0 Å². The highest BCUT2D eigenvalue weighted by molar-refractivity contribution is 5.59. The third kappa shape index (κ3) is 5.05. The summed E-state index contributed by atoms with van der Waals surface area (Å²) in [5.74, 6) is 1.61. The predicted octanol–water partition coefficient (Wildman–Crippen LogP) is 4.43. The van der Waals surface area contributed by atoms with Gasteiger partial charge in [-0.3, -0.25) is 0 Å². The molecule has 0 N–H and O–H groups in total. The Morgan fingerprint density at radius 2 is 1.56 bits per heavy atom. The second-order valence-electron chi connectivity index (χ2n) is 8.68. The molecular weight excluding hydrogens is 443 g/mol. The van der Waals surface area contributed by atoms with E-state index in [2.05, 4.69) is 23.8 Å². The summed E-state index contributed by atoms with van der Waals surface area (Å²) in [6.45, 7) is 7.82. The molecule has 0 saturated carbocycles. The van der Waals surface area contributed by atoms with E-state index in [1.165, 1.54) is 12.3 Å². The molecule has 34 heavy (non-hydrogen) atoms. The lowest BCUT2D eigenvalue weighted by atomic mass is 10.1. The minimum Gasteiger partial charge on any atom is -0.353 e. The van der Waals surface area contributed by atoms with Crippen molar-refractivity contribution >= 4 is 17.7 Å². The van der Waals surface area contributed by atoms with Gasteiger partial charge in [-0.2, -0.15) is 28.1 Å². The first-order valence-electron chi connectivity index (χ1n) is 11.2. The molecule has 0 unspecified atom stereocenters. The van der Waals surface area contributed by atoms with Crippen molar-refractivity contribution in [2.24, 2.45) is 0 Å². The lowest BCUT2D eigenvalue weighted by Crippen LogP contribution is -2.48. The third-order valence-electron chi connectivity index (χ3n) is 5.97. The topological polar surface area (TPSA) is 61.3 Å². The first kappa shape index (κ1) is 23.7. The standard InChI is InChI=1S/C24H28F3N7/c1-16(2)32(4)22-29-20(18-9-7-17(3)8-10-18)30-23(31-22)34-14-12-33(13-15-34)21-19(24(25,26)27)6-5-11-28-21/h5-11,16H,12-15H2,1-4H3. The number of aromatic nitrogens is 4. The lowest BCUT2D eigenvalue weighted by Gasteiger charge is -2.36. The van der Waals surface area contributed by atoms with Crippen LogP contribution in [0.25, 0.3) is 11.4 Å². The highest BCUT2D eigenvalue weighted by Gasteiger charge is 2.36. The maximum Gasteiger partial charge on any atom is 0.419 e. The molecule has 4 rings (SSSR count). The Morgan fingerprint density at radius 1 is 0.912 bits per heavy atom. The molecule has 0 amide bonds. The van der Waals surface area contributed by atoms with E-state index >= 15 is 0 Å². The van der Waals surface area contributed by atoms with Crippen LogP contribution < -0.4 is 14.7 Å². The number of hydrogen-bond donors (Lipinski definition) is 0. The average Bonchev–Trinajstić information content (AvgIpc) is 2.83. The zero-order valence-electron chi connectivity index (χ0n) is 19.7. The largest absolute Gasteiger partial charge is 0.419 e. The van der Waals surface area contributed by atoms with Crippen molar-refractivity contribution in [1.82, 2.24) is 19.9 Å². The van der Waals surface area contributed by atoms with Crippen LogP contribution in [0.4, 0.5) is 30.9 Å². The summed E-state index contributed by atoms with van der Waals surface area (Å²) in [5, 5.41) is 0. The number of anilines is 3. The van der Waals surface area contributed by atoms with Crippen molar-refractivity contribution in [1.29, 1.82) is 0 Å². The monoisotopic (exact) mass is 471 g/mol. The van der Waals surface area contributed by atoms with Crippen molar-refractivity contribution in [3.8, 4) is 11.4 Å². The number of rotatable bonds is 5. The number of benzene rings is 1. The highest BCUT2D eigenvalue weighted by atomic mass is 19.4. The van der Waals surface area contributed by atoms with E-state index in [1.807, 2.05) is 48.0 Å². The lowest BCUT2D eigenvalue weighted by molar-refractivity contribution is -0.137. The van der Waals surface area contributed by atoms with Gasteiger partial charge in [-0.05, 0) is 32.9 Å². The third-order valence-corrected chi connectivity index (χ3v) is 5.97. The summed E-state index contributed by atoms with van der Waals surface area (Å²) in [5.41, 5.74) is 1.31. The van der Waals surface area contributed by atoms with Gasteiger partial charge in [-0.1, -0.05) is 29.8 Å². The van der Waals surface area contributed by atoms with Gasteiger partial charge in [0.15, 0.2) is 5.82 Å². The fraction of sp³-hybridized carbons (Fsp3) is 0.417. The van der Waals surface area contributed by atoms with Crippen LogP contribution in [0.1, 0.15) is 25.0 Å². The molecule has 0 spiro atoms. The fourth-order valence-electron chi connectivity index (χ4n) is 3.70. The van der Waals surface area contributed by atoms with Gasteiger partial charge in [0.1, 0.15) is 5.82 Å². The molecule has 3 aromatic rings. The molecule has 1 aliphatic rings. The van der Waals surface area contributed by atoms with E-state index < -0.39 is 11.7 Å². The normalized spacial score (nSPS) is 14.6. The second kappa shape index (κ2) is 9.44. The number of alkyl halides is 3. The van der Waals surface area contributed by atoms with Crippen molar-refractivity contribution in [3.63, 3.8) is 0 Å². The van der Waals surface area contributed by atoms with Crippen LogP contribution in [0.15, 0.2) is 42.6 Å². The molecule has 7 nitrogen and oxygen atoms in total. The van der Waals surface area contributed by atoms with Gasteiger partial charge >= 0.3 is 6.18 Å². The Bertz CT molecular complexity index is 1120. The maximum atomic E-state index is 13.5. The van der Waals surface area contributed by atoms with Crippen molar-refractivity contribution in [2.45, 2.75) is 33.0 Å². The molecular formula is C24H28F3N7. The molecule has 0 atom stereocenters. The van der Waals surface area contributed by atoms with Gasteiger partial charge < -0.3 is 14.7 Å². The Balaban J connectivity index is 1.61. The zero-order chi connectivity index (χ0) is 24.5. The molecule has 1 aliphatic heterocycles. The second-order valence-corrected chi connectivity index (χ2v) is 8.68. The van der Waals surface area contributed by atoms with Crippen LogP contribution in [-0.2, 0) is 6.18 Å². The van der Waals surface area contributed by atoms with Crippen LogP contribution in [0.5, 0.6) is 0 Å². The molecule has 180 valence electrons. The quantitative estimate of drug-likeness (QED) is 0.546. The fourth-order valence-corrected chi connectivity index (χ4v) is 3.70. The van der Waals surface area contributed by atoms with Crippen LogP contribution in [-0.4, -0.2) is 59.2 Å². The zero-order valence-corrected chi connectivity index (χ0v) is 19.7. The van der Waals surface area contributed by atoms with Crippen LogP contribution in [0.3, 0.4) is 0 Å². The van der Waals surface area contributed by atoms with Gasteiger partial charge in [-0.25, -0.2) is 4.98 Å². The molecule has 1 aromatic carbocycles. The first-order valence-corrected chi connectivity index (χ1v) is 11.2. The Morgan fingerprint density at radius 3 is 2.18 bits per heavy atom. The summed E-state index contributed by atoms with van der Waals surface area (Å²) >= 11 is 0. The van der Waals surface area contributed by atoms with Crippen molar-refractivity contribution in [3.05, 3.63) is 53.7 Å². The summed E-state index contributed by atoms with van der Waals surface area (Å²) in [7, 11) is 1.93. The minimum absolute atomic E-state index is 0.0362. The van der Waals surface area contributed by atoms with Crippen molar-refractivity contribution in [2.75, 3.05) is 47.9 Å². The van der Waals surface area contributed by atoms with E-state index in [1.54, 1.807) is 4.90 Å². The maximum absolute atomic E-state index is 13.5. The number of pyridine rings is 1. The molecule has 10 heteroatoms. The predicted molar refractivity (Wildman–Crippen MR) is 127 cm³/mol. The molecule has 0 radical (unpaired) electrons. The minimum atomic E-state index is -4.45. The van der Waals surface area contributed by atoms with Gasteiger partial charge in [0.2, 0.25) is 11.9 Å². The molecule has 3 heterocycles. The average molecular weight is 472 g/mol. The van der Waals surface area contributed by atoms with E-state index in [-0.39, 0.29) is 11.9 Å². The summed E-state index contributed by atoms with van der Waals surface area (Å²) in [4.78, 5) is 23.7. The Hall–Kier alpha value is -3.43. The smallest absolute Gasteiger partial charge is 0.353 e. The summed E-state index contributed by atoms with van der Waals surface area (Å²) < 4.78 is 40.4. The van der Waals surface area contributed by atoms with Crippen molar-refractivity contribution < 1.29 is 13.2 Å². The van der Waals surface area contributed by atoms with E-state index in [0.717, 1.165) is 17.2 Å². The van der Waals surface area contributed by atoms with Gasteiger partial charge in [0.25, 0.3) is 0 Å². The summed E-state index contributed by atoms with van der Waals surface area (Å²) in [6.07, 6.45) is -3.06. The van der Waals surface area contributed by atoms with Gasteiger partial charge in [0.05, 0.1) is 5.56 Å². The number of nitrogens with zero attached hydrogens (tertiary/aromatic N) is 7. The molecule has 1 saturated heterocycles. The molecule has 1 fully saturated rings. The molecule has 0 bridgehead atoms. The van der Waals surface area contributed by atoms with E-state index in [9.17, 15) is 13.2 Å². The van der Waals surface area contributed by atoms with E-state index in [0.29, 0.717) is 43.9 Å².